The predicted molar refractivity (Wildman–Crippen MR) is 419 cm³/mol. The van der Waals surface area contributed by atoms with Gasteiger partial charge in [0, 0.05) is 34.6 Å². The maximum atomic E-state index is 13.4. The monoisotopic (exact) mass is 1990 g/mol. The van der Waals surface area contributed by atoms with Crippen LogP contribution in [0.5, 0.6) is 0 Å². The normalized spacial score (nSPS) is 49.2. The Morgan fingerprint density at radius 3 is 0.890 bits per heavy atom. The quantitative estimate of drug-likeness (QED) is 0.0280. The minimum absolute atomic E-state index is 0.868. The smallest absolute Gasteiger partial charge is 0.217 e. The predicted octanol–water partition coefficient (Wildman–Crippen LogP) is -23.2. The molecule has 11 aliphatic heterocycles. The van der Waals surface area contributed by atoms with Gasteiger partial charge in [-0.25, -0.2) is 0 Å². The maximum Gasteiger partial charge on any atom is 0.217 e. The molecule has 55 atom stereocenters. The van der Waals surface area contributed by atoms with Gasteiger partial charge in [-0.2, -0.15) is 0 Å². The highest BCUT2D eigenvalue weighted by molar-refractivity contribution is 5.75. The van der Waals surface area contributed by atoms with E-state index in [2.05, 4.69) is 26.6 Å². The van der Waals surface area contributed by atoms with Gasteiger partial charge in [0.05, 0.1) is 72.2 Å². The summed E-state index contributed by atoms with van der Waals surface area (Å²) in [6.07, 6.45) is -105. The van der Waals surface area contributed by atoms with Gasteiger partial charge in [-0.3, -0.25) is 24.0 Å². The number of carbonyl (C=O) groups is 5. The van der Waals surface area contributed by atoms with Crippen molar-refractivity contribution >= 4 is 29.5 Å². The molecule has 11 fully saturated rings. The van der Waals surface area contributed by atoms with Crippen molar-refractivity contribution < 1.29 is 272 Å². The van der Waals surface area contributed by atoms with Gasteiger partial charge < -0.3 is 274 Å². The van der Waals surface area contributed by atoms with E-state index in [1.807, 2.05) is 0 Å². The van der Waals surface area contributed by atoms with Gasteiger partial charge >= 0.3 is 0 Å². The maximum absolute atomic E-state index is 13.4. The van der Waals surface area contributed by atoms with Crippen LogP contribution in [0.4, 0.5) is 0 Å². The molecule has 11 saturated heterocycles. The number of aliphatic hydroxyl groups is 29. The van der Waals surface area contributed by atoms with Gasteiger partial charge in [-0.1, -0.05) is 0 Å². The molecular formula is C76H127N5O55. The van der Waals surface area contributed by atoms with Crippen LogP contribution in [0.3, 0.4) is 0 Å². The fourth-order valence-electron chi connectivity index (χ4n) is 17.6. The van der Waals surface area contributed by atoms with Crippen LogP contribution in [0.25, 0.3) is 0 Å². The van der Waals surface area contributed by atoms with Crippen LogP contribution in [0.1, 0.15) is 41.5 Å². The van der Waals surface area contributed by atoms with E-state index in [0.717, 1.165) is 34.6 Å². The summed E-state index contributed by atoms with van der Waals surface area (Å²) in [5.41, 5.74) is 0. The van der Waals surface area contributed by atoms with E-state index in [1.165, 1.54) is 6.92 Å². The largest absolute Gasteiger partial charge is 0.394 e. The Bertz CT molecular complexity index is 3760. The number of rotatable bonds is 35. The second-order valence-electron chi connectivity index (χ2n) is 34.6. The van der Waals surface area contributed by atoms with Crippen molar-refractivity contribution in [3.8, 4) is 0 Å². The minimum atomic E-state index is -2.70. The molecule has 0 spiro atoms. The molecule has 0 aromatic carbocycles. The molecule has 0 aliphatic carbocycles. The fourth-order valence-corrected chi connectivity index (χ4v) is 17.6. The van der Waals surface area contributed by atoms with Crippen molar-refractivity contribution in [2.75, 3.05) is 66.1 Å². The van der Waals surface area contributed by atoms with E-state index in [-0.39, 0.29) is 0 Å². The zero-order valence-corrected chi connectivity index (χ0v) is 73.4. The number of hydrogen-bond acceptors (Lipinski definition) is 55. The van der Waals surface area contributed by atoms with Crippen LogP contribution >= 0.6 is 0 Å². The van der Waals surface area contributed by atoms with Crippen LogP contribution in [0, 0.1) is 0 Å². The summed E-state index contributed by atoms with van der Waals surface area (Å²) in [7, 11) is 0. The van der Waals surface area contributed by atoms with E-state index in [4.69, 9.17) is 99.5 Å². The standard InChI is InChI=1S/C76H127N5O55/c1-17-38(94)50(106)55(111)71(119-17)117-16-32-62(46(102)33(66(115)120-32)77-18(2)89)130-69-36(80-21(5)92)48(104)61(29(13-88)126-69)133-74-58(114)63(134-76-65(53(109)42(98)26(10-85)124-76)136-70-37(81-22(6)93)49(105)60(28(12-87)127-70)132-73-57(113)52(108)41(97)25(9-84)123-73)44(100)31(128-74)15-118-75-64(135-68-34(78-19(3)90)45(101)39(95)23(7-82)121-68)54(110)43(99)30(129-75)14-116-67-35(79-20(4)91)47(103)59(27(11-86)125-67)131-72-56(112)51(107)40(96)24(8-83)122-72/h17,23-76,82-88,94-115H,7-16H2,1-6H3,(H,77,89)(H,78,90)(H,79,91)(H,80,92)(H,81,93)/t17-,23+,24+,25+,26+,27+,28+,29+,30+,31+,32+,33+,34+,35+,36+,37+,38+,39+,40-,41-,42+,43+,44+,45+,46+,47+,48+,49+,50+,51-,52-,53-,54-,55-,56+,57+,58-,59+,60+,61+,62+,63-,64-,65-,66+,67+,68-,69-,70-,71+,72-,73-,74-,75-,76+/m0/s1. The molecule has 11 aliphatic rings. The Labute approximate surface area is 770 Å². The molecular weight excluding hydrogens is 1860 g/mol. The first-order chi connectivity index (χ1) is 64.3. The summed E-state index contributed by atoms with van der Waals surface area (Å²) in [4.78, 5) is 64.8. The van der Waals surface area contributed by atoms with Gasteiger partial charge in [-0.05, 0) is 6.92 Å². The number of nitrogens with one attached hydrogen (secondary N) is 5. The first kappa shape index (κ1) is 112. The summed E-state index contributed by atoms with van der Waals surface area (Å²) in [5, 5.41) is 338. The average Bonchev–Trinajstić information content (AvgIpc) is 0.763. The second kappa shape index (κ2) is 48.8. The van der Waals surface area contributed by atoms with Gasteiger partial charge in [-0.15, -0.1) is 0 Å². The SMILES string of the molecule is CC(=O)N[C@@H]1[C@@H](O)[C@H](O[C@@H]2O[C@H](CO)[C@@H](O[C@@H]3O[C@H](CO[C@H]4O[C@H](CO[C@@H]5O[C@H](CO)[C@@H](O[C@@H]6O[C@H](CO)[C@H](O)[C@H](O)[C@H]6O)[C@H](O)[C@H]5NC(C)=O)[C@@H](O)[C@H](O)[C@@H]4O[C@@H]4O[C@H](CO)[C@@H](O)[C@H](O)[C@H]4NC(C)=O)[C@@H](O)[C@H](O[C@H]4O[C@H](CO)[C@@H](O)[C@H](O)[C@@H]4O[C@@H]4O[C@H](CO)[C@@H](O[C@@H]5O[C@H](CO)[C@H](O)[C@H](O)[C@H]5O)[C@H](O)[C@H]4NC(C)=O)[C@@H]3O)[C@H](O)[C@H]2NC(C)=O)[C@@H](CO[C@@H]2O[C@@H](C)[C@@H](O)[C@@H](O)[C@@H]2O)O[C@H]1O. The zero-order valence-electron chi connectivity index (χ0n) is 73.4. The molecule has 0 aromatic heterocycles. The zero-order chi connectivity index (χ0) is 100. The van der Waals surface area contributed by atoms with Gasteiger partial charge in [0.25, 0.3) is 0 Å². The van der Waals surface area contributed by atoms with Gasteiger partial charge in [0.15, 0.2) is 69.2 Å². The van der Waals surface area contributed by atoms with Crippen molar-refractivity contribution in [2.45, 2.75) is 379 Å². The third kappa shape index (κ3) is 24.9. The molecule has 0 bridgehead atoms. The van der Waals surface area contributed by atoms with Crippen molar-refractivity contribution in [1.82, 2.24) is 26.6 Å². The lowest BCUT2D eigenvalue weighted by atomic mass is 9.93. The minimum Gasteiger partial charge on any atom is -0.394 e. The van der Waals surface area contributed by atoms with Crippen LogP contribution in [-0.4, -0.2) is 581 Å². The molecule has 5 amide bonds. The van der Waals surface area contributed by atoms with Crippen LogP contribution in [0.2, 0.25) is 0 Å². The molecule has 34 N–H and O–H groups in total. The van der Waals surface area contributed by atoms with Crippen molar-refractivity contribution in [2.24, 2.45) is 0 Å². The molecule has 0 aromatic rings. The van der Waals surface area contributed by atoms with Crippen molar-refractivity contribution in [1.29, 1.82) is 0 Å². The molecule has 60 nitrogen and oxygen atoms in total. The number of hydrogen-bond donors (Lipinski definition) is 34. The summed E-state index contributed by atoms with van der Waals surface area (Å²) in [5.74, 6) is -4.75. The van der Waals surface area contributed by atoms with Crippen LogP contribution < -0.4 is 26.6 Å². The molecule has 11 rings (SSSR count). The molecule has 11 heterocycles. The Hall–Kier alpha value is -4.65. The van der Waals surface area contributed by atoms with Gasteiger partial charge in [0.1, 0.15) is 262 Å². The highest BCUT2D eigenvalue weighted by Gasteiger charge is 2.62. The Morgan fingerprint density at radius 1 is 0.206 bits per heavy atom. The molecule has 0 unspecified atom stereocenters. The number of ether oxygens (including phenoxy) is 21. The van der Waals surface area contributed by atoms with E-state index in [9.17, 15) is 172 Å². The molecule has 0 saturated carbocycles. The van der Waals surface area contributed by atoms with Crippen molar-refractivity contribution in [3.63, 3.8) is 0 Å². The second-order valence-corrected chi connectivity index (χ2v) is 34.6. The van der Waals surface area contributed by atoms with Crippen LogP contribution in [-0.2, 0) is 123 Å². The van der Waals surface area contributed by atoms with E-state index < -0.39 is 433 Å². The van der Waals surface area contributed by atoms with Crippen LogP contribution in [0.15, 0.2) is 0 Å². The lowest BCUT2D eigenvalue weighted by Gasteiger charge is -2.51. The summed E-state index contributed by atoms with van der Waals surface area (Å²) in [6, 6.07) is -9.62. The number of aliphatic hydroxyl groups excluding tert-OH is 29. The lowest BCUT2D eigenvalue weighted by molar-refractivity contribution is -0.399. The Morgan fingerprint density at radius 2 is 0.463 bits per heavy atom. The first-order valence-electron chi connectivity index (χ1n) is 43.5. The number of amides is 5. The number of carbonyl (C=O) groups excluding carboxylic acids is 5. The third-order valence-corrected chi connectivity index (χ3v) is 24.9. The molecule has 60 heteroatoms. The Kier molecular flexibility index (Phi) is 40.1. The van der Waals surface area contributed by atoms with E-state index in [1.54, 1.807) is 0 Å². The van der Waals surface area contributed by atoms with Crippen molar-refractivity contribution in [3.05, 3.63) is 0 Å². The van der Waals surface area contributed by atoms with Gasteiger partial charge in [0.2, 0.25) is 29.5 Å². The molecule has 136 heavy (non-hydrogen) atoms. The summed E-state index contributed by atoms with van der Waals surface area (Å²) >= 11 is 0. The fraction of sp³-hybridized carbons (Fsp3) is 0.934. The molecule has 786 valence electrons. The van der Waals surface area contributed by atoms with E-state index in [0.29, 0.717) is 0 Å². The third-order valence-electron chi connectivity index (χ3n) is 24.9. The van der Waals surface area contributed by atoms with E-state index >= 15 is 0 Å². The molecule has 0 radical (unpaired) electrons. The highest BCUT2D eigenvalue weighted by Crippen LogP contribution is 2.41. The summed E-state index contributed by atoms with van der Waals surface area (Å²) < 4.78 is 126. The highest BCUT2D eigenvalue weighted by atomic mass is 16.8. The topological polar surface area (TPSA) is 926 Å². The Balaban J connectivity index is 0.950. The lowest BCUT2D eigenvalue weighted by Crippen LogP contribution is -2.71. The first-order valence-corrected chi connectivity index (χ1v) is 43.5. The average molecular weight is 1990 g/mol. The summed E-state index contributed by atoms with van der Waals surface area (Å²) in [6.45, 7) is -5.25.